The lowest BCUT2D eigenvalue weighted by Crippen LogP contribution is -1.98. The standard InChI is InChI=1S/C11H8BrClN2O3/c12-7-1-3-9(13)10(5-7)14-6-8-2-4-11(18-8)15(16)17/h1-5,14H,6H2. The van der Waals surface area contributed by atoms with Crippen LogP contribution in [0, 0.1) is 10.1 Å². The minimum atomic E-state index is -0.574. The van der Waals surface area contributed by atoms with Gasteiger partial charge in [-0.1, -0.05) is 27.5 Å². The van der Waals surface area contributed by atoms with E-state index in [4.69, 9.17) is 16.0 Å². The summed E-state index contributed by atoms with van der Waals surface area (Å²) < 4.78 is 5.91. The molecule has 0 atom stereocenters. The van der Waals surface area contributed by atoms with E-state index in [2.05, 4.69) is 21.2 Å². The summed E-state index contributed by atoms with van der Waals surface area (Å²) in [6, 6.07) is 8.26. The maximum atomic E-state index is 10.5. The number of nitro groups is 1. The van der Waals surface area contributed by atoms with Crippen LogP contribution in [0.1, 0.15) is 5.76 Å². The van der Waals surface area contributed by atoms with Crippen LogP contribution in [-0.4, -0.2) is 4.92 Å². The minimum Gasteiger partial charge on any atom is -0.404 e. The maximum Gasteiger partial charge on any atom is 0.433 e. The van der Waals surface area contributed by atoms with Gasteiger partial charge in [-0.05, 0) is 24.3 Å². The Morgan fingerprint density at radius 3 is 2.83 bits per heavy atom. The predicted molar refractivity (Wildman–Crippen MR) is 71.8 cm³/mol. The van der Waals surface area contributed by atoms with Crippen LogP contribution in [0.2, 0.25) is 5.02 Å². The Hall–Kier alpha value is -1.53. The summed E-state index contributed by atoms with van der Waals surface area (Å²) in [5.74, 6) is 0.199. The molecule has 0 unspecified atom stereocenters. The van der Waals surface area contributed by atoms with Crippen molar-refractivity contribution >= 4 is 39.1 Å². The fourth-order valence-corrected chi connectivity index (χ4v) is 1.92. The van der Waals surface area contributed by atoms with E-state index in [0.29, 0.717) is 17.3 Å². The van der Waals surface area contributed by atoms with Gasteiger partial charge in [0.1, 0.15) is 10.7 Å². The van der Waals surface area contributed by atoms with E-state index >= 15 is 0 Å². The smallest absolute Gasteiger partial charge is 0.404 e. The summed E-state index contributed by atoms with van der Waals surface area (Å²) in [6.45, 7) is 0.323. The molecule has 0 spiro atoms. The Morgan fingerprint density at radius 2 is 2.17 bits per heavy atom. The molecule has 0 aliphatic carbocycles. The fourth-order valence-electron chi connectivity index (χ4n) is 1.38. The Balaban J connectivity index is 2.06. The molecule has 1 N–H and O–H groups in total. The van der Waals surface area contributed by atoms with Gasteiger partial charge in [0.05, 0.1) is 23.3 Å². The highest BCUT2D eigenvalue weighted by atomic mass is 79.9. The highest BCUT2D eigenvalue weighted by molar-refractivity contribution is 9.10. The van der Waals surface area contributed by atoms with Gasteiger partial charge in [0.25, 0.3) is 0 Å². The summed E-state index contributed by atoms with van der Waals surface area (Å²) in [6.07, 6.45) is 0. The van der Waals surface area contributed by atoms with Gasteiger partial charge < -0.3 is 9.73 Å². The molecule has 18 heavy (non-hydrogen) atoms. The van der Waals surface area contributed by atoms with E-state index < -0.39 is 4.92 Å². The lowest BCUT2D eigenvalue weighted by Gasteiger charge is -2.06. The van der Waals surface area contributed by atoms with Gasteiger partial charge in [0.2, 0.25) is 0 Å². The van der Waals surface area contributed by atoms with Crippen molar-refractivity contribution in [3.8, 4) is 0 Å². The quantitative estimate of drug-likeness (QED) is 0.673. The van der Waals surface area contributed by atoms with Crippen molar-refractivity contribution in [2.24, 2.45) is 0 Å². The van der Waals surface area contributed by atoms with Crippen molar-refractivity contribution in [1.29, 1.82) is 0 Å². The first kappa shape index (κ1) is 12.9. The average Bonchev–Trinajstić information content (AvgIpc) is 2.79. The van der Waals surface area contributed by atoms with E-state index in [1.54, 1.807) is 12.1 Å². The number of hydrogen-bond acceptors (Lipinski definition) is 4. The molecule has 0 saturated carbocycles. The first-order valence-corrected chi connectivity index (χ1v) is 6.15. The van der Waals surface area contributed by atoms with Gasteiger partial charge in [0.15, 0.2) is 0 Å². The zero-order chi connectivity index (χ0) is 13.1. The molecule has 0 radical (unpaired) electrons. The number of hydrogen-bond donors (Lipinski definition) is 1. The van der Waals surface area contributed by atoms with Gasteiger partial charge in [-0.3, -0.25) is 10.1 Å². The number of nitrogens with one attached hydrogen (secondary N) is 1. The van der Waals surface area contributed by atoms with Crippen LogP contribution in [-0.2, 0) is 6.54 Å². The topological polar surface area (TPSA) is 68.3 Å². The molecule has 1 aromatic heterocycles. The third-order valence-electron chi connectivity index (χ3n) is 2.21. The van der Waals surface area contributed by atoms with Crippen LogP contribution in [0.25, 0.3) is 0 Å². The van der Waals surface area contributed by atoms with Crippen LogP contribution in [0.15, 0.2) is 39.2 Å². The molecular weight excluding hydrogens is 323 g/mol. The molecule has 0 amide bonds. The Morgan fingerprint density at radius 1 is 1.39 bits per heavy atom. The predicted octanol–water partition coefficient (Wildman–Crippen LogP) is 4.22. The van der Waals surface area contributed by atoms with Crippen molar-refractivity contribution in [3.05, 3.63) is 55.7 Å². The maximum absolute atomic E-state index is 10.5. The zero-order valence-electron chi connectivity index (χ0n) is 9.02. The molecule has 0 saturated heterocycles. The minimum absolute atomic E-state index is 0.271. The van der Waals surface area contributed by atoms with Crippen molar-refractivity contribution in [1.82, 2.24) is 0 Å². The monoisotopic (exact) mass is 330 g/mol. The molecule has 0 fully saturated rings. The van der Waals surface area contributed by atoms with Crippen molar-refractivity contribution in [2.75, 3.05) is 5.32 Å². The first-order chi connectivity index (χ1) is 8.56. The van der Waals surface area contributed by atoms with E-state index in [0.717, 1.165) is 10.2 Å². The Kier molecular flexibility index (Phi) is 3.88. The van der Waals surface area contributed by atoms with E-state index in [1.807, 2.05) is 12.1 Å². The number of anilines is 1. The third-order valence-corrected chi connectivity index (χ3v) is 3.03. The summed E-state index contributed by atoms with van der Waals surface area (Å²) >= 11 is 9.33. The second-order valence-corrected chi connectivity index (χ2v) is 4.80. The van der Waals surface area contributed by atoms with Crippen LogP contribution >= 0.6 is 27.5 Å². The zero-order valence-corrected chi connectivity index (χ0v) is 11.4. The van der Waals surface area contributed by atoms with Crippen molar-refractivity contribution in [3.63, 3.8) is 0 Å². The van der Waals surface area contributed by atoms with Crippen molar-refractivity contribution in [2.45, 2.75) is 6.54 Å². The molecule has 2 aromatic rings. The van der Waals surface area contributed by atoms with Gasteiger partial charge in [0, 0.05) is 4.47 Å². The van der Waals surface area contributed by atoms with Gasteiger partial charge in [-0.15, -0.1) is 0 Å². The highest BCUT2D eigenvalue weighted by Crippen LogP contribution is 2.26. The lowest BCUT2D eigenvalue weighted by molar-refractivity contribution is -0.402. The normalized spacial score (nSPS) is 10.3. The second-order valence-electron chi connectivity index (χ2n) is 3.47. The number of furan rings is 1. The summed E-state index contributed by atoms with van der Waals surface area (Å²) in [4.78, 5) is 9.88. The van der Waals surface area contributed by atoms with Gasteiger partial charge in [-0.2, -0.15) is 0 Å². The van der Waals surface area contributed by atoms with Crippen LogP contribution < -0.4 is 5.32 Å². The largest absolute Gasteiger partial charge is 0.433 e. The SMILES string of the molecule is O=[N+]([O-])c1ccc(CNc2cc(Br)ccc2Cl)o1. The highest BCUT2D eigenvalue weighted by Gasteiger charge is 2.11. The Labute approximate surface area is 116 Å². The molecule has 0 aliphatic rings. The first-order valence-electron chi connectivity index (χ1n) is 4.98. The average molecular weight is 332 g/mol. The Bertz CT molecular complexity index is 585. The van der Waals surface area contributed by atoms with Crippen LogP contribution in [0.4, 0.5) is 11.6 Å². The van der Waals surface area contributed by atoms with E-state index in [9.17, 15) is 10.1 Å². The van der Waals surface area contributed by atoms with E-state index in [1.165, 1.54) is 6.07 Å². The van der Waals surface area contributed by atoms with Gasteiger partial charge in [-0.25, -0.2) is 0 Å². The molecule has 94 valence electrons. The number of halogens is 2. The molecule has 0 aliphatic heterocycles. The van der Waals surface area contributed by atoms with Crippen molar-refractivity contribution < 1.29 is 9.34 Å². The molecule has 1 aromatic carbocycles. The number of nitrogens with zero attached hydrogens (tertiary/aromatic N) is 1. The van der Waals surface area contributed by atoms with E-state index in [-0.39, 0.29) is 5.88 Å². The number of benzene rings is 1. The summed E-state index contributed by atoms with van der Waals surface area (Å²) in [5.41, 5.74) is 0.727. The molecule has 1 heterocycles. The molecular formula is C11H8BrClN2O3. The molecule has 0 bridgehead atoms. The molecule has 7 heteroatoms. The van der Waals surface area contributed by atoms with Crippen LogP contribution in [0.3, 0.4) is 0 Å². The molecule has 2 rings (SSSR count). The summed E-state index contributed by atoms with van der Waals surface area (Å²) in [7, 11) is 0. The fraction of sp³-hybridized carbons (Fsp3) is 0.0909. The van der Waals surface area contributed by atoms with Crippen LogP contribution in [0.5, 0.6) is 0 Å². The lowest BCUT2D eigenvalue weighted by atomic mass is 10.3. The molecule has 5 nitrogen and oxygen atoms in total. The van der Waals surface area contributed by atoms with Gasteiger partial charge >= 0.3 is 5.88 Å². The summed E-state index contributed by atoms with van der Waals surface area (Å²) in [5, 5.41) is 14.1. The number of rotatable bonds is 4. The second kappa shape index (κ2) is 5.41. The third kappa shape index (κ3) is 3.02.